The zero-order valence-corrected chi connectivity index (χ0v) is 32.4. The fraction of sp³-hybridized carbons (Fsp3) is 0.120. The molecule has 2 aliphatic carbocycles. The second kappa shape index (κ2) is 14.6. The molecule has 2 heterocycles. The second-order valence-corrected chi connectivity index (χ2v) is 14.9. The van der Waals surface area contributed by atoms with Gasteiger partial charge in [-0.2, -0.15) is 0 Å². The van der Waals surface area contributed by atoms with Gasteiger partial charge in [-0.05, 0) is 84.1 Å². The predicted octanol–water partition coefficient (Wildman–Crippen LogP) is 10.6. The van der Waals surface area contributed by atoms with Gasteiger partial charge in [-0.25, -0.2) is 0 Å². The lowest BCUT2D eigenvalue weighted by Crippen LogP contribution is -2.23. The molecule has 0 atom stereocenters. The molecule has 8 nitrogen and oxygen atoms in total. The molecule has 8 aromatic rings. The molecule has 284 valence electrons. The van der Waals surface area contributed by atoms with Crippen molar-refractivity contribution >= 4 is 56.1 Å². The Morgan fingerprint density at radius 2 is 0.983 bits per heavy atom. The van der Waals surface area contributed by atoms with E-state index in [0.29, 0.717) is 28.8 Å². The summed E-state index contributed by atoms with van der Waals surface area (Å²) in [6.07, 6.45) is 1.91. The van der Waals surface area contributed by atoms with E-state index in [1.54, 1.807) is 23.7 Å². The van der Waals surface area contributed by atoms with Crippen molar-refractivity contribution in [1.29, 1.82) is 0 Å². The van der Waals surface area contributed by atoms with Gasteiger partial charge in [0.05, 0.1) is 33.5 Å². The van der Waals surface area contributed by atoms with Crippen LogP contribution in [0.1, 0.15) is 57.2 Å². The first-order valence-corrected chi connectivity index (χ1v) is 19.5. The molecular weight excluding hydrogens is 721 g/mol. The van der Waals surface area contributed by atoms with Crippen LogP contribution in [0.15, 0.2) is 149 Å². The van der Waals surface area contributed by atoms with E-state index in [2.05, 4.69) is 17.6 Å². The summed E-state index contributed by atoms with van der Waals surface area (Å²) in [5.41, 5.74) is 11.8. The first kappa shape index (κ1) is 36.3. The molecular formula is C50H40N4O4. The van der Waals surface area contributed by atoms with Crippen molar-refractivity contribution in [3.8, 4) is 22.3 Å². The molecule has 0 saturated carbocycles. The van der Waals surface area contributed by atoms with E-state index in [0.717, 1.165) is 79.7 Å². The van der Waals surface area contributed by atoms with Crippen LogP contribution in [0.25, 0.3) is 44.1 Å². The molecule has 10 rings (SSSR count). The standard InChI is InChI=1S/C27H24N2O2.C23H16N2O2/c1-3-4-15-29-23-14-13-22(28-18-11-9-17(2)10-12-18)26-25(23)21(16-24(29)30)19-7-5-6-8-20(19)27(26)31;1-25-19-12-11-18(24-14-7-3-2-4-8-14)22-21(19)17(13-20(25)26)15-9-5-6-10-16(15)23(22)27/h5-14,16,28H,3-4,15H2,1-2H3;2-13,24H,1H3. The fourth-order valence-electron chi connectivity index (χ4n) is 8.26. The van der Waals surface area contributed by atoms with Gasteiger partial charge >= 0.3 is 0 Å². The lowest BCUT2D eigenvalue weighted by Gasteiger charge is -2.24. The van der Waals surface area contributed by atoms with Gasteiger partial charge in [0.25, 0.3) is 11.1 Å². The van der Waals surface area contributed by atoms with E-state index < -0.39 is 0 Å². The summed E-state index contributed by atoms with van der Waals surface area (Å²) in [6, 6.07) is 43.9. The third kappa shape index (κ3) is 6.10. The smallest absolute Gasteiger partial charge is 0.251 e. The minimum atomic E-state index is -0.0867. The van der Waals surface area contributed by atoms with Crippen LogP contribution < -0.4 is 21.8 Å². The Kier molecular flexibility index (Phi) is 9.17. The van der Waals surface area contributed by atoms with Gasteiger partial charge in [-0.1, -0.05) is 97.8 Å². The first-order chi connectivity index (χ1) is 28.2. The summed E-state index contributed by atoms with van der Waals surface area (Å²) in [5.74, 6) is -0.0372. The molecule has 6 aromatic carbocycles. The van der Waals surface area contributed by atoms with Crippen LogP contribution in [0.3, 0.4) is 0 Å². The zero-order valence-electron chi connectivity index (χ0n) is 32.4. The fourth-order valence-corrected chi connectivity index (χ4v) is 8.26. The Morgan fingerprint density at radius 1 is 0.500 bits per heavy atom. The Morgan fingerprint density at radius 3 is 1.55 bits per heavy atom. The van der Waals surface area contributed by atoms with Gasteiger partial charge < -0.3 is 19.8 Å². The average molecular weight is 761 g/mol. The number of hydrogen-bond donors (Lipinski definition) is 2. The van der Waals surface area contributed by atoms with E-state index in [1.165, 1.54) is 5.56 Å². The monoisotopic (exact) mass is 760 g/mol. The third-order valence-corrected chi connectivity index (χ3v) is 11.2. The number of rotatable bonds is 7. The molecule has 0 saturated heterocycles. The number of nitrogens with zero attached hydrogens (tertiary/aromatic N) is 2. The number of anilines is 4. The topological polar surface area (TPSA) is 102 Å². The summed E-state index contributed by atoms with van der Waals surface area (Å²) in [4.78, 5) is 52.5. The van der Waals surface area contributed by atoms with E-state index in [4.69, 9.17) is 0 Å². The van der Waals surface area contributed by atoms with Crippen molar-refractivity contribution in [3.63, 3.8) is 0 Å². The molecule has 0 aliphatic heterocycles. The summed E-state index contributed by atoms with van der Waals surface area (Å²) in [6.45, 7) is 4.80. The number of aromatic nitrogens is 2. The number of unbranched alkanes of at least 4 members (excludes halogenated alkanes) is 1. The van der Waals surface area contributed by atoms with Crippen molar-refractivity contribution in [1.82, 2.24) is 9.13 Å². The van der Waals surface area contributed by atoms with Crippen LogP contribution in [0.2, 0.25) is 0 Å². The number of para-hydroxylation sites is 1. The zero-order chi connectivity index (χ0) is 40.1. The maximum atomic E-state index is 13.6. The summed E-state index contributed by atoms with van der Waals surface area (Å²) < 4.78 is 3.40. The molecule has 0 radical (unpaired) electrons. The number of pyridine rings is 2. The molecule has 8 heteroatoms. The molecule has 2 aromatic heterocycles. The number of fused-ring (bicyclic) bond motifs is 4. The highest BCUT2D eigenvalue weighted by molar-refractivity contribution is 6.29. The van der Waals surface area contributed by atoms with Crippen LogP contribution in [-0.4, -0.2) is 20.7 Å². The number of carbonyl (C=O) groups excluding carboxylic acids is 2. The maximum absolute atomic E-state index is 13.6. The van der Waals surface area contributed by atoms with Crippen molar-refractivity contribution in [2.45, 2.75) is 33.2 Å². The van der Waals surface area contributed by atoms with Crippen molar-refractivity contribution in [2.24, 2.45) is 7.05 Å². The quantitative estimate of drug-likeness (QED) is 0.168. The highest BCUT2D eigenvalue weighted by atomic mass is 16.1. The second-order valence-electron chi connectivity index (χ2n) is 14.9. The molecule has 58 heavy (non-hydrogen) atoms. The maximum Gasteiger partial charge on any atom is 0.251 e. The van der Waals surface area contributed by atoms with Gasteiger partial charge in [0, 0.05) is 59.0 Å². The van der Waals surface area contributed by atoms with Crippen LogP contribution >= 0.6 is 0 Å². The normalized spacial score (nSPS) is 12.1. The third-order valence-electron chi connectivity index (χ3n) is 11.2. The van der Waals surface area contributed by atoms with E-state index in [9.17, 15) is 19.2 Å². The van der Waals surface area contributed by atoms with E-state index in [1.807, 2.05) is 139 Å². The summed E-state index contributed by atoms with van der Waals surface area (Å²) in [5, 5.41) is 8.48. The molecule has 2 N–H and O–H groups in total. The lowest BCUT2D eigenvalue weighted by molar-refractivity contribution is 0.103. The molecule has 0 amide bonds. The van der Waals surface area contributed by atoms with Crippen molar-refractivity contribution in [3.05, 3.63) is 188 Å². The van der Waals surface area contributed by atoms with Gasteiger partial charge in [-0.15, -0.1) is 0 Å². The van der Waals surface area contributed by atoms with Crippen LogP contribution in [0.4, 0.5) is 22.7 Å². The number of benzene rings is 6. The first-order valence-electron chi connectivity index (χ1n) is 19.5. The molecule has 0 spiro atoms. The minimum absolute atomic E-state index is 0.0102. The van der Waals surface area contributed by atoms with Crippen molar-refractivity contribution in [2.75, 3.05) is 10.6 Å². The number of hydrogen-bond acceptors (Lipinski definition) is 6. The van der Waals surface area contributed by atoms with Gasteiger partial charge in [0.1, 0.15) is 0 Å². The van der Waals surface area contributed by atoms with Crippen LogP contribution in [0.5, 0.6) is 0 Å². The van der Waals surface area contributed by atoms with Gasteiger partial charge in [-0.3, -0.25) is 19.2 Å². The Labute approximate surface area is 335 Å². The highest BCUT2D eigenvalue weighted by Crippen LogP contribution is 2.43. The largest absolute Gasteiger partial charge is 0.355 e. The Balaban J connectivity index is 0.000000152. The molecule has 2 aliphatic rings. The highest BCUT2D eigenvalue weighted by Gasteiger charge is 2.30. The summed E-state index contributed by atoms with van der Waals surface area (Å²) in [7, 11) is 1.74. The number of aryl methyl sites for hydroxylation is 3. The van der Waals surface area contributed by atoms with E-state index >= 15 is 0 Å². The van der Waals surface area contributed by atoms with Crippen molar-refractivity contribution < 1.29 is 9.59 Å². The molecule has 0 fully saturated rings. The van der Waals surface area contributed by atoms with Gasteiger partial charge in [0.15, 0.2) is 11.6 Å². The van der Waals surface area contributed by atoms with Crippen LogP contribution in [-0.2, 0) is 13.6 Å². The minimum Gasteiger partial charge on any atom is -0.355 e. The average Bonchev–Trinajstić information content (AvgIpc) is 3.24. The molecule has 0 unspecified atom stereocenters. The van der Waals surface area contributed by atoms with Crippen LogP contribution in [0, 0.1) is 6.92 Å². The summed E-state index contributed by atoms with van der Waals surface area (Å²) >= 11 is 0. The number of nitrogens with one attached hydrogen (secondary N) is 2. The lowest BCUT2D eigenvalue weighted by atomic mass is 9.83. The van der Waals surface area contributed by atoms with Gasteiger partial charge in [0.2, 0.25) is 0 Å². The molecule has 0 bridgehead atoms. The predicted molar refractivity (Wildman–Crippen MR) is 234 cm³/mol. The Bertz CT molecular complexity index is 3090. The van der Waals surface area contributed by atoms with E-state index in [-0.39, 0.29) is 22.7 Å². The Hall–Kier alpha value is -7.32. The number of ketones is 2. The SMILES string of the molecule is CCCCn1c(=O)cc2c3c(c(Nc4ccc(C)cc4)ccc31)C(=O)c1ccccc1-2.Cn1c(=O)cc2c3c(c(Nc4ccccc4)ccc31)C(=O)c1ccccc1-2. The number of carbonyl (C=O) groups is 2.